The van der Waals surface area contributed by atoms with Crippen LogP contribution < -0.4 is 0 Å². The number of aryl methyl sites for hydroxylation is 2. The number of carbonyl (C=O) groups is 1. The maximum atomic E-state index is 11.8. The number of carbonyl (C=O) groups excluding carboxylic acids is 1. The first kappa shape index (κ1) is 15.9. The van der Waals surface area contributed by atoms with Crippen molar-refractivity contribution >= 4 is 21.7 Å². The second kappa shape index (κ2) is 6.10. The molecule has 2 rings (SSSR count). The van der Waals surface area contributed by atoms with E-state index in [-0.39, 0.29) is 17.6 Å². The molecule has 0 saturated heterocycles. The minimum absolute atomic E-state index is 0.0448. The van der Waals surface area contributed by atoms with Crippen LogP contribution in [0.3, 0.4) is 0 Å². The van der Waals surface area contributed by atoms with Gasteiger partial charge >= 0.3 is 0 Å². The van der Waals surface area contributed by atoms with Crippen LogP contribution in [0.4, 0.5) is 0 Å². The molecule has 21 heavy (non-hydrogen) atoms. The smallest absolute Gasteiger partial charge is 0.237 e. The summed E-state index contributed by atoms with van der Waals surface area (Å²) in [6.45, 7) is 9.55. The minimum atomic E-state index is -0.344. The Balaban J connectivity index is 2.42. The topological polar surface area (TPSA) is 56.0 Å². The largest absolute Gasteiger partial charge is 0.338 e. The summed E-state index contributed by atoms with van der Waals surface area (Å²) < 4.78 is 6.40. The van der Waals surface area contributed by atoms with Gasteiger partial charge in [0.15, 0.2) is 0 Å². The van der Waals surface area contributed by atoms with Crippen molar-refractivity contribution in [3.63, 3.8) is 0 Å². The number of nitrogens with zero attached hydrogens (tertiary/aromatic N) is 2. The van der Waals surface area contributed by atoms with Crippen molar-refractivity contribution in [2.24, 2.45) is 5.92 Å². The zero-order chi connectivity index (χ0) is 15.7. The lowest BCUT2D eigenvalue weighted by atomic mass is 9.92. The average Bonchev–Trinajstić information content (AvgIpc) is 2.83. The molecule has 1 heterocycles. The zero-order valence-corrected chi connectivity index (χ0v) is 14.5. The van der Waals surface area contributed by atoms with Gasteiger partial charge in [-0.15, -0.1) is 0 Å². The van der Waals surface area contributed by atoms with Gasteiger partial charge in [-0.25, -0.2) is 0 Å². The van der Waals surface area contributed by atoms with Crippen molar-refractivity contribution in [3.8, 4) is 11.4 Å². The highest BCUT2D eigenvalue weighted by atomic mass is 79.9. The predicted molar refractivity (Wildman–Crippen MR) is 85.2 cm³/mol. The molecule has 5 heteroatoms. The summed E-state index contributed by atoms with van der Waals surface area (Å²) in [5.74, 6) is 0.748. The van der Waals surface area contributed by atoms with E-state index in [1.807, 2.05) is 39.8 Å². The normalized spacial score (nSPS) is 12.7. The number of halogens is 1. The summed E-state index contributed by atoms with van der Waals surface area (Å²) in [6.07, 6.45) is 0. The maximum Gasteiger partial charge on any atom is 0.237 e. The molecule has 0 aliphatic rings. The molecule has 0 N–H and O–H groups in total. The van der Waals surface area contributed by atoms with Crippen LogP contribution >= 0.6 is 15.9 Å². The molecular formula is C16H19BrN2O2. The number of Topliss-reactive ketones (excluding diaryl/α,β-unsaturated/α-hetero) is 1. The number of hydrogen-bond donors (Lipinski definition) is 0. The molecule has 0 fully saturated rings. The van der Waals surface area contributed by atoms with Crippen LogP contribution in [-0.4, -0.2) is 15.9 Å². The molecule has 0 saturated carbocycles. The third-order valence-electron chi connectivity index (χ3n) is 3.51. The van der Waals surface area contributed by atoms with Crippen LogP contribution in [0.15, 0.2) is 21.1 Å². The minimum Gasteiger partial charge on any atom is -0.338 e. The van der Waals surface area contributed by atoms with Crippen LogP contribution in [-0.2, 0) is 4.79 Å². The van der Waals surface area contributed by atoms with Gasteiger partial charge in [0.05, 0.1) is 5.92 Å². The second-order valence-corrected chi connectivity index (χ2v) is 6.51. The molecule has 0 aliphatic heterocycles. The van der Waals surface area contributed by atoms with Gasteiger partial charge in [0, 0.05) is 10.0 Å². The van der Waals surface area contributed by atoms with Gasteiger partial charge in [0.25, 0.3) is 0 Å². The number of benzene rings is 1. The van der Waals surface area contributed by atoms with Crippen LogP contribution in [0.2, 0.25) is 0 Å². The summed E-state index contributed by atoms with van der Waals surface area (Å²) in [6, 6.07) is 4.01. The predicted octanol–water partition coefficient (Wildman–Crippen LogP) is 4.44. The van der Waals surface area contributed by atoms with Gasteiger partial charge in [-0.3, -0.25) is 4.79 Å². The highest BCUT2D eigenvalue weighted by molar-refractivity contribution is 9.10. The van der Waals surface area contributed by atoms with E-state index in [0.717, 1.165) is 21.2 Å². The Hall–Kier alpha value is -1.49. The molecule has 4 nitrogen and oxygen atoms in total. The third-order valence-corrected chi connectivity index (χ3v) is 4.76. The summed E-state index contributed by atoms with van der Waals surface area (Å²) in [7, 11) is 0. The third kappa shape index (κ3) is 3.23. The highest BCUT2D eigenvalue weighted by Crippen LogP contribution is 2.29. The van der Waals surface area contributed by atoms with Gasteiger partial charge < -0.3 is 4.52 Å². The summed E-state index contributed by atoms with van der Waals surface area (Å²) in [4.78, 5) is 16.2. The second-order valence-electron chi connectivity index (χ2n) is 5.71. The molecule has 1 atom stereocenters. The van der Waals surface area contributed by atoms with E-state index in [2.05, 4.69) is 26.1 Å². The number of ketones is 1. The molecule has 0 amide bonds. The Morgan fingerprint density at radius 1 is 1.24 bits per heavy atom. The molecule has 0 aliphatic carbocycles. The van der Waals surface area contributed by atoms with E-state index in [1.165, 1.54) is 0 Å². The van der Waals surface area contributed by atoms with E-state index in [1.54, 1.807) is 6.92 Å². The van der Waals surface area contributed by atoms with E-state index in [9.17, 15) is 4.79 Å². The fourth-order valence-electron chi connectivity index (χ4n) is 2.48. The molecule has 2 aromatic rings. The van der Waals surface area contributed by atoms with Crippen molar-refractivity contribution in [2.75, 3.05) is 0 Å². The fraction of sp³-hybridized carbons (Fsp3) is 0.438. The lowest BCUT2D eigenvalue weighted by molar-refractivity contribution is -0.119. The molecule has 1 aromatic heterocycles. The summed E-state index contributed by atoms with van der Waals surface area (Å²) in [5.41, 5.74) is 3.13. The van der Waals surface area contributed by atoms with Gasteiger partial charge in [0.1, 0.15) is 5.78 Å². The maximum absolute atomic E-state index is 11.8. The van der Waals surface area contributed by atoms with Crippen LogP contribution in [0, 0.1) is 19.8 Å². The Bertz CT molecular complexity index is 654. The van der Waals surface area contributed by atoms with Gasteiger partial charge in [-0.05, 0) is 49.9 Å². The van der Waals surface area contributed by atoms with Gasteiger partial charge in [0.2, 0.25) is 11.7 Å². The first-order chi connectivity index (χ1) is 9.81. The highest BCUT2D eigenvalue weighted by Gasteiger charge is 2.27. The van der Waals surface area contributed by atoms with Crippen LogP contribution in [0.1, 0.15) is 43.7 Å². The molecule has 1 unspecified atom stereocenters. The molecule has 1 aromatic carbocycles. The standard InChI is InChI=1S/C16H19BrN2O2/c1-8(2)13(11(5)20)16-18-15(19-21-16)12-6-9(3)14(17)10(4)7-12/h6-8,13H,1-5H3. The molecule has 112 valence electrons. The Morgan fingerprint density at radius 2 is 1.81 bits per heavy atom. The summed E-state index contributed by atoms with van der Waals surface area (Å²) >= 11 is 3.54. The van der Waals surface area contributed by atoms with Crippen molar-refractivity contribution in [1.29, 1.82) is 0 Å². The van der Waals surface area contributed by atoms with Crippen molar-refractivity contribution in [1.82, 2.24) is 10.1 Å². The SMILES string of the molecule is CC(=O)C(c1nc(-c2cc(C)c(Br)c(C)c2)no1)C(C)C. The lowest BCUT2D eigenvalue weighted by Crippen LogP contribution is -2.15. The van der Waals surface area contributed by atoms with Crippen LogP contribution in [0.5, 0.6) is 0 Å². The van der Waals surface area contributed by atoms with E-state index in [0.29, 0.717) is 11.7 Å². The van der Waals surface area contributed by atoms with Crippen LogP contribution in [0.25, 0.3) is 11.4 Å². The lowest BCUT2D eigenvalue weighted by Gasteiger charge is -2.12. The Morgan fingerprint density at radius 3 is 2.29 bits per heavy atom. The quantitative estimate of drug-likeness (QED) is 0.817. The van der Waals surface area contributed by atoms with E-state index >= 15 is 0 Å². The fourth-order valence-corrected chi connectivity index (χ4v) is 2.71. The van der Waals surface area contributed by atoms with Crippen molar-refractivity contribution in [2.45, 2.75) is 40.5 Å². The summed E-state index contributed by atoms with van der Waals surface area (Å²) in [5, 5.41) is 4.03. The van der Waals surface area contributed by atoms with Gasteiger partial charge in [-0.1, -0.05) is 34.9 Å². The number of rotatable bonds is 4. The first-order valence-corrected chi connectivity index (χ1v) is 7.71. The van der Waals surface area contributed by atoms with Crippen molar-refractivity contribution < 1.29 is 9.32 Å². The van der Waals surface area contributed by atoms with E-state index in [4.69, 9.17) is 4.52 Å². The van der Waals surface area contributed by atoms with Gasteiger partial charge in [-0.2, -0.15) is 4.98 Å². The van der Waals surface area contributed by atoms with Crippen molar-refractivity contribution in [3.05, 3.63) is 33.6 Å². The molecule has 0 spiro atoms. The molecule has 0 bridgehead atoms. The average molecular weight is 351 g/mol. The molecule has 0 radical (unpaired) electrons. The Labute approximate surface area is 133 Å². The Kier molecular flexibility index (Phi) is 4.61. The van der Waals surface area contributed by atoms with E-state index < -0.39 is 0 Å². The zero-order valence-electron chi connectivity index (χ0n) is 12.9. The molecular weight excluding hydrogens is 332 g/mol. The number of hydrogen-bond acceptors (Lipinski definition) is 4. The first-order valence-electron chi connectivity index (χ1n) is 6.92. The number of aromatic nitrogens is 2. The monoisotopic (exact) mass is 350 g/mol.